The van der Waals surface area contributed by atoms with Gasteiger partial charge >= 0.3 is 0 Å². The largest absolute Gasteiger partial charge is 0.497 e. The Morgan fingerprint density at radius 2 is 1.74 bits per heavy atom. The summed E-state index contributed by atoms with van der Waals surface area (Å²) in [5.74, 6) is 0.941. The summed E-state index contributed by atoms with van der Waals surface area (Å²) in [6.45, 7) is 0. The first-order valence-corrected chi connectivity index (χ1v) is 6.55. The highest BCUT2D eigenvalue weighted by Gasteiger charge is 2.20. The fraction of sp³-hybridized carbons (Fsp3) is 0.111. The van der Waals surface area contributed by atoms with Gasteiger partial charge in [-0.1, -0.05) is 42.5 Å². The monoisotopic (exact) mass is 246 g/mol. The van der Waals surface area contributed by atoms with Crippen LogP contribution in [-0.2, 0) is 6.42 Å². The van der Waals surface area contributed by atoms with E-state index in [-0.39, 0.29) is 0 Å². The summed E-state index contributed by atoms with van der Waals surface area (Å²) in [5, 5.41) is 2.69. The molecule has 0 aromatic heterocycles. The van der Waals surface area contributed by atoms with E-state index in [1.54, 1.807) is 7.11 Å². The van der Waals surface area contributed by atoms with Crippen LogP contribution in [0.15, 0.2) is 54.6 Å². The molecule has 3 aromatic carbocycles. The Morgan fingerprint density at radius 3 is 2.63 bits per heavy atom. The molecule has 0 atom stereocenters. The van der Waals surface area contributed by atoms with Gasteiger partial charge in [0.25, 0.3) is 0 Å². The van der Waals surface area contributed by atoms with Crippen LogP contribution in [0, 0.1) is 0 Å². The van der Waals surface area contributed by atoms with Gasteiger partial charge < -0.3 is 4.74 Å². The zero-order valence-corrected chi connectivity index (χ0v) is 10.8. The van der Waals surface area contributed by atoms with Crippen molar-refractivity contribution < 1.29 is 4.74 Å². The van der Waals surface area contributed by atoms with E-state index in [4.69, 9.17) is 4.74 Å². The van der Waals surface area contributed by atoms with Crippen molar-refractivity contribution in [1.29, 1.82) is 0 Å². The Balaban J connectivity index is 1.99. The summed E-state index contributed by atoms with van der Waals surface area (Å²) in [4.78, 5) is 0. The lowest BCUT2D eigenvalue weighted by Gasteiger charge is -2.05. The van der Waals surface area contributed by atoms with Crippen LogP contribution in [0.25, 0.3) is 21.9 Å². The van der Waals surface area contributed by atoms with Gasteiger partial charge in [0.1, 0.15) is 5.75 Å². The predicted molar refractivity (Wildman–Crippen MR) is 78.7 cm³/mol. The lowest BCUT2D eigenvalue weighted by atomic mass is 9.99. The van der Waals surface area contributed by atoms with E-state index in [0.29, 0.717) is 0 Å². The van der Waals surface area contributed by atoms with Gasteiger partial charge in [0, 0.05) is 0 Å². The van der Waals surface area contributed by atoms with Crippen LogP contribution < -0.4 is 4.74 Å². The number of rotatable bonds is 1. The first-order chi connectivity index (χ1) is 9.36. The van der Waals surface area contributed by atoms with Gasteiger partial charge in [-0.05, 0) is 51.6 Å². The van der Waals surface area contributed by atoms with E-state index in [1.165, 1.54) is 33.0 Å². The lowest BCUT2D eigenvalue weighted by molar-refractivity contribution is 0.414. The summed E-state index contributed by atoms with van der Waals surface area (Å²) in [7, 11) is 1.72. The summed E-state index contributed by atoms with van der Waals surface area (Å²) in [6.07, 6.45) is 1.00. The van der Waals surface area contributed by atoms with Crippen LogP contribution >= 0.6 is 0 Å². The number of hydrogen-bond donors (Lipinski definition) is 0. The maximum absolute atomic E-state index is 5.33. The molecule has 3 aromatic rings. The highest BCUT2D eigenvalue weighted by molar-refractivity contribution is 5.95. The van der Waals surface area contributed by atoms with E-state index < -0.39 is 0 Å². The third-order valence-electron chi connectivity index (χ3n) is 4.01. The molecule has 0 spiro atoms. The van der Waals surface area contributed by atoms with Crippen LogP contribution in [0.1, 0.15) is 11.1 Å². The standard InChI is InChI=1S/C18H14O/c1-19-14-7-9-16-13(10-14)11-18-15-5-3-2-4-12(15)6-8-17(16)18/h2-10H,11H2,1H3. The maximum atomic E-state index is 5.33. The maximum Gasteiger partial charge on any atom is 0.119 e. The summed E-state index contributed by atoms with van der Waals surface area (Å²) < 4.78 is 5.33. The van der Waals surface area contributed by atoms with E-state index in [2.05, 4.69) is 48.5 Å². The Kier molecular flexibility index (Phi) is 2.16. The van der Waals surface area contributed by atoms with E-state index in [9.17, 15) is 0 Å². The van der Waals surface area contributed by atoms with Crippen LogP contribution in [0.5, 0.6) is 5.75 Å². The first kappa shape index (κ1) is 10.6. The second-order valence-corrected chi connectivity index (χ2v) is 5.01. The molecule has 1 aliphatic rings. The second-order valence-electron chi connectivity index (χ2n) is 5.01. The summed E-state index contributed by atoms with van der Waals surface area (Å²) in [6, 6.07) is 19.5. The Labute approximate surface area is 112 Å². The predicted octanol–water partition coefficient (Wildman–Crippen LogP) is 4.42. The smallest absolute Gasteiger partial charge is 0.119 e. The molecule has 0 N–H and O–H groups in total. The average Bonchev–Trinajstić information content (AvgIpc) is 2.85. The van der Waals surface area contributed by atoms with Crippen molar-refractivity contribution in [3.8, 4) is 16.9 Å². The number of ether oxygens (including phenoxy) is 1. The first-order valence-electron chi connectivity index (χ1n) is 6.55. The van der Waals surface area contributed by atoms with Crippen LogP contribution in [0.2, 0.25) is 0 Å². The average molecular weight is 246 g/mol. The SMILES string of the molecule is COc1ccc2c(c1)Cc1c-2ccc2ccccc12. The fourth-order valence-electron chi connectivity index (χ4n) is 3.08. The molecule has 19 heavy (non-hydrogen) atoms. The molecular weight excluding hydrogens is 232 g/mol. The number of fused-ring (bicyclic) bond motifs is 5. The molecule has 0 amide bonds. The molecule has 0 fully saturated rings. The molecule has 92 valence electrons. The van der Waals surface area contributed by atoms with Crippen molar-refractivity contribution in [3.05, 3.63) is 65.7 Å². The molecule has 1 nitrogen and oxygen atoms in total. The lowest BCUT2D eigenvalue weighted by Crippen LogP contribution is -1.85. The van der Waals surface area contributed by atoms with Gasteiger partial charge in [-0.25, -0.2) is 0 Å². The topological polar surface area (TPSA) is 9.23 Å². The van der Waals surface area contributed by atoms with Gasteiger partial charge in [-0.2, -0.15) is 0 Å². The minimum absolute atomic E-state index is 0.941. The Morgan fingerprint density at radius 1 is 0.895 bits per heavy atom. The van der Waals surface area contributed by atoms with Crippen molar-refractivity contribution in [3.63, 3.8) is 0 Å². The Hall–Kier alpha value is -2.28. The third-order valence-corrected chi connectivity index (χ3v) is 4.01. The molecule has 0 unspecified atom stereocenters. The van der Waals surface area contributed by atoms with Crippen molar-refractivity contribution in [2.75, 3.05) is 7.11 Å². The zero-order valence-electron chi connectivity index (χ0n) is 10.8. The molecule has 0 aliphatic heterocycles. The van der Waals surface area contributed by atoms with Crippen molar-refractivity contribution >= 4 is 10.8 Å². The second kappa shape index (κ2) is 3.86. The minimum atomic E-state index is 0.941. The Bertz CT molecular complexity index is 787. The highest BCUT2D eigenvalue weighted by Crippen LogP contribution is 2.41. The van der Waals surface area contributed by atoms with Crippen molar-refractivity contribution in [2.24, 2.45) is 0 Å². The van der Waals surface area contributed by atoms with Crippen LogP contribution in [0.4, 0.5) is 0 Å². The summed E-state index contributed by atoms with van der Waals surface area (Å²) >= 11 is 0. The van der Waals surface area contributed by atoms with Crippen LogP contribution in [-0.4, -0.2) is 7.11 Å². The summed E-state index contributed by atoms with van der Waals surface area (Å²) in [5.41, 5.74) is 5.53. The number of methoxy groups -OCH3 is 1. The molecule has 0 heterocycles. The van der Waals surface area contributed by atoms with E-state index >= 15 is 0 Å². The zero-order chi connectivity index (χ0) is 12.8. The molecule has 0 bridgehead atoms. The van der Waals surface area contributed by atoms with Crippen LogP contribution in [0.3, 0.4) is 0 Å². The molecule has 4 rings (SSSR count). The van der Waals surface area contributed by atoms with E-state index in [0.717, 1.165) is 12.2 Å². The third kappa shape index (κ3) is 1.48. The van der Waals surface area contributed by atoms with Crippen molar-refractivity contribution in [1.82, 2.24) is 0 Å². The quantitative estimate of drug-likeness (QED) is 0.483. The molecule has 0 radical (unpaired) electrons. The van der Waals surface area contributed by atoms with E-state index in [1.807, 2.05) is 6.07 Å². The van der Waals surface area contributed by atoms with Gasteiger partial charge in [0.2, 0.25) is 0 Å². The fourth-order valence-corrected chi connectivity index (χ4v) is 3.08. The molecular formula is C18H14O. The number of benzene rings is 3. The molecule has 1 heteroatoms. The molecule has 0 saturated heterocycles. The van der Waals surface area contributed by atoms with Gasteiger partial charge in [0.15, 0.2) is 0 Å². The van der Waals surface area contributed by atoms with Crippen molar-refractivity contribution in [2.45, 2.75) is 6.42 Å². The highest BCUT2D eigenvalue weighted by atomic mass is 16.5. The van der Waals surface area contributed by atoms with Gasteiger partial charge in [0.05, 0.1) is 7.11 Å². The minimum Gasteiger partial charge on any atom is -0.497 e. The molecule has 0 saturated carbocycles. The number of hydrogen-bond acceptors (Lipinski definition) is 1. The normalized spacial score (nSPS) is 12.3. The molecule has 1 aliphatic carbocycles. The van der Waals surface area contributed by atoms with Gasteiger partial charge in [-0.3, -0.25) is 0 Å². The van der Waals surface area contributed by atoms with Gasteiger partial charge in [-0.15, -0.1) is 0 Å².